The van der Waals surface area contributed by atoms with Gasteiger partial charge in [0, 0.05) is 12.4 Å². The van der Waals surface area contributed by atoms with Gasteiger partial charge < -0.3 is 9.84 Å². The molecular formula is C11H9N5O3S. The van der Waals surface area contributed by atoms with E-state index in [9.17, 15) is 9.90 Å². The fraction of sp³-hybridized carbons (Fsp3) is 0.182. The molecule has 0 amide bonds. The topological polar surface area (TPSA) is 103 Å². The first kappa shape index (κ1) is 12.6. The van der Waals surface area contributed by atoms with Gasteiger partial charge in [-0.05, 0) is 0 Å². The van der Waals surface area contributed by atoms with E-state index in [-0.39, 0.29) is 6.61 Å². The van der Waals surface area contributed by atoms with Crippen molar-refractivity contribution in [3.63, 3.8) is 0 Å². The molecule has 0 aromatic carbocycles. The minimum absolute atomic E-state index is 0.259. The number of rotatable bonds is 3. The van der Waals surface area contributed by atoms with Crippen LogP contribution in [0.2, 0.25) is 0 Å². The van der Waals surface area contributed by atoms with E-state index in [1.54, 1.807) is 0 Å². The van der Waals surface area contributed by atoms with E-state index in [4.69, 9.17) is 4.74 Å². The van der Waals surface area contributed by atoms with Crippen molar-refractivity contribution in [3.05, 3.63) is 29.2 Å². The largest absolute Gasteiger partial charge is 0.465 e. The van der Waals surface area contributed by atoms with Crippen LogP contribution in [0.3, 0.4) is 0 Å². The van der Waals surface area contributed by atoms with Gasteiger partial charge in [-0.15, -0.1) is 16.4 Å². The molecule has 0 unspecified atom stereocenters. The third kappa shape index (κ3) is 1.84. The fourth-order valence-electron chi connectivity index (χ4n) is 1.79. The number of thiophene rings is 1. The van der Waals surface area contributed by atoms with Crippen molar-refractivity contribution >= 4 is 27.7 Å². The van der Waals surface area contributed by atoms with Crippen LogP contribution < -0.4 is 0 Å². The smallest absolute Gasteiger partial charge is 0.350 e. The van der Waals surface area contributed by atoms with Crippen molar-refractivity contribution in [1.29, 1.82) is 0 Å². The van der Waals surface area contributed by atoms with E-state index in [2.05, 4.69) is 20.3 Å². The number of aliphatic hydroxyl groups is 1. The van der Waals surface area contributed by atoms with Gasteiger partial charge in [0.15, 0.2) is 0 Å². The van der Waals surface area contributed by atoms with Crippen molar-refractivity contribution < 1.29 is 14.6 Å². The Morgan fingerprint density at radius 3 is 3.00 bits per heavy atom. The molecule has 3 rings (SSSR count). The first-order chi connectivity index (χ1) is 9.76. The van der Waals surface area contributed by atoms with Gasteiger partial charge >= 0.3 is 5.97 Å². The summed E-state index contributed by atoms with van der Waals surface area (Å²) in [7, 11) is 1.30. The van der Waals surface area contributed by atoms with Crippen LogP contribution in [0.5, 0.6) is 0 Å². The predicted molar refractivity (Wildman–Crippen MR) is 69.6 cm³/mol. The minimum atomic E-state index is -0.510. The van der Waals surface area contributed by atoms with E-state index >= 15 is 0 Å². The number of carbonyl (C=O) groups excluding carboxylic acids is 1. The van der Waals surface area contributed by atoms with E-state index in [1.807, 2.05) is 0 Å². The van der Waals surface area contributed by atoms with E-state index in [1.165, 1.54) is 30.4 Å². The van der Waals surface area contributed by atoms with Gasteiger partial charge in [0.25, 0.3) is 0 Å². The summed E-state index contributed by atoms with van der Waals surface area (Å²) < 4.78 is 6.14. The zero-order chi connectivity index (χ0) is 14.1. The number of hydrogen-bond acceptors (Lipinski definition) is 8. The SMILES string of the molecule is COC(=O)c1sc2nccnc2c1-n1nncc1CO. The normalized spacial score (nSPS) is 10.9. The molecule has 20 heavy (non-hydrogen) atoms. The zero-order valence-electron chi connectivity index (χ0n) is 10.3. The van der Waals surface area contributed by atoms with Crippen LogP contribution >= 0.6 is 11.3 Å². The third-order valence-electron chi connectivity index (χ3n) is 2.67. The van der Waals surface area contributed by atoms with Crippen LogP contribution in [0.4, 0.5) is 0 Å². The molecule has 0 saturated carbocycles. The molecule has 0 spiro atoms. The summed E-state index contributed by atoms with van der Waals surface area (Å²) in [4.78, 5) is 21.2. The van der Waals surface area contributed by atoms with Crippen LogP contribution in [-0.4, -0.2) is 43.1 Å². The molecule has 9 heteroatoms. The summed E-state index contributed by atoms with van der Waals surface area (Å²) in [5.74, 6) is -0.510. The lowest BCUT2D eigenvalue weighted by atomic mass is 10.3. The van der Waals surface area contributed by atoms with Gasteiger partial charge in [0.05, 0.1) is 25.6 Å². The highest BCUT2D eigenvalue weighted by molar-refractivity contribution is 7.20. The number of carbonyl (C=O) groups is 1. The van der Waals surface area contributed by atoms with Gasteiger partial charge in [-0.3, -0.25) is 0 Å². The Labute approximate surface area is 116 Å². The highest BCUT2D eigenvalue weighted by Gasteiger charge is 2.24. The van der Waals surface area contributed by atoms with Crippen LogP contribution in [-0.2, 0) is 11.3 Å². The molecule has 0 atom stereocenters. The molecule has 0 fully saturated rings. The second kappa shape index (κ2) is 4.94. The number of fused-ring (bicyclic) bond motifs is 1. The maximum absolute atomic E-state index is 11.9. The van der Waals surface area contributed by atoms with Crippen molar-refractivity contribution in [2.24, 2.45) is 0 Å². The lowest BCUT2D eigenvalue weighted by molar-refractivity contribution is 0.0606. The van der Waals surface area contributed by atoms with E-state index < -0.39 is 5.97 Å². The lowest BCUT2D eigenvalue weighted by Gasteiger charge is -2.04. The van der Waals surface area contributed by atoms with Crippen LogP contribution in [0.1, 0.15) is 15.4 Å². The predicted octanol–water partition coefficient (Wildman–Crippen LogP) is 0.551. The molecule has 3 aromatic heterocycles. The Kier molecular flexibility index (Phi) is 3.12. The summed E-state index contributed by atoms with van der Waals surface area (Å²) in [6, 6.07) is 0. The molecule has 3 aromatic rings. The standard InChI is InChI=1S/C11H9N5O3S/c1-19-11(18)9-8(16-6(5-17)4-14-15-16)7-10(20-9)13-3-2-12-7/h2-4,17H,5H2,1H3. The van der Waals surface area contributed by atoms with Gasteiger partial charge in [0.2, 0.25) is 0 Å². The summed E-state index contributed by atoms with van der Waals surface area (Å²) in [6.07, 6.45) is 4.48. The van der Waals surface area contributed by atoms with Crippen molar-refractivity contribution in [3.8, 4) is 5.69 Å². The molecule has 0 aliphatic carbocycles. The average molecular weight is 291 g/mol. The van der Waals surface area contributed by atoms with Gasteiger partial charge in [-0.25, -0.2) is 19.4 Å². The summed E-state index contributed by atoms with van der Waals surface area (Å²) >= 11 is 1.16. The second-order valence-corrected chi connectivity index (χ2v) is 4.78. The second-order valence-electron chi connectivity index (χ2n) is 3.78. The van der Waals surface area contributed by atoms with Crippen molar-refractivity contribution in [2.45, 2.75) is 6.61 Å². The fourth-order valence-corrected chi connectivity index (χ4v) is 2.79. The van der Waals surface area contributed by atoms with Crippen LogP contribution in [0, 0.1) is 0 Å². The van der Waals surface area contributed by atoms with Crippen LogP contribution in [0.15, 0.2) is 18.6 Å². The molecule has 0 aliphatic heterocycles. The van der Waals surface area contributed by atoms with Crippen molar-refractivity contribution in [1.82, 2.24) is 25.0 Å². The highest BCUT2D eigenvalue weighted by atomic mass is 32.1. The Balaban J connectivity index is 2.34. The van der Waals surface area contributed by atoms with Gasteiger partial charge in [-0.1, -0.05) is 5.21 Å². The molecule has 1 N–H and O–H groups in total. The number of esters is 1. The van der Waals surface area contributed by atoms with Crippen LogP contribution in [0.25, 0.3) is 16.0 Å². The molecule has 0 aliphatic rings. The third-order valence-corrected chi connectivity index (χ3v) is 3.72. The Hall–Kier alpha value is -2.39. The molecule has 0 bridgehead atoms. The van der Waals surface area contributed by atoms with E-state index in [0.29, 0.717) is 26.6 Å². The molecule has 8 nitrogen and oxygen atoms in total. The zero-order valence-corrected chi connectivity index (χ0v) is 11.2. The number of methoxy groups -OCH3 is 1. The molecule has 102 valence electrons. The number of aliphatic hydroxyl groups excluding tert-OH is 1. The molecular weight excluding hydrogens is 282 g/mol. The van der Waals surface area contributed by atoms with Crippen molar-refractivity contribution in [2.75, 3.05) is 7.11 Å². The lowest BCUT2D eigenvalue weighted by Crippen LogP contribution is -2.08. The molecule has 0 radical (unpaired) electrons. The maximum atomic E-state index is 11.9. The minimum Gasteiger partial charge on any atom is -0.465 e. The monoisotopic (exact) mass is 291 g/mol. The first-order valence-electron chi connectivity index (χ1n) is 5.59. The summed E-state index contributed by atoms with van der Waals surface area (Å²) in [6.45, 7) is -0.259. The number of aromatic nitrogens is 5. The van der Waals surface area contributed by atoms with E-state index in [0.717, 1.165) is 11.3 Å². The average Bonchev–Trinajstić information content (AvgIpc) is 3.09. The summed E-state index contributed by atoms with van der Waals surface area (Å²) in [5.41, 5.74) is 1.38. The molecule has 0 saturated heterocycles. The van der Waals surface area contributed by atoms with Gasteiger partial charge in [-0.2, -0.15) is 0 Å². The Morgan fingerprint density at radius 1 is 1.45 bits per heavy atom. The highest BCUT2D eigenvalue weighted by Crippen LogP contribution is 2.32. The Morgan fingerprint density at radius 2 is 2.25 bits per heavy atom. The maximum Gasteiger partial charge on any atom is 0.350 e. The molecule has 3 heterocycles. The first-order valence-corrected chi connectivity index (χ1v) is 6.40. The quantitative estimate of drug-likeness (QED) is 0.703. The van der Waals surface area contributed by atoms with Gasteiger partial charge in [0.1, 0.15) is 20.9 Å². The number of hydrogen-bond donors (Lipinski definition) is 1. The number of nitrogens with zero attached hydrogens (tertiary/aromatic N) is 5. The Bertz CT molecular complexity index is 781. The summed E-state index contributed by atoms with van der Waals surface area (Å²) in [5, 5.41) is 16.9. The number of ether oxygens (including phenoxy) is 1.